The van der Waals surface area contributed by atoms with Crippen molar-refractivity contribution < 1.29 is 24.2 Å². The van der Waals surface area contributed by atoms with E-state index in [4.69, 9.17) is 9.84 Å². The number of amides is 2. The van der Waals surface area contributed by atoms with Gasteiger partial charge in [0.05, 0.1) is 23.2 Å². The molecule has 3 fully saturated rings. The molecule has 0 aromatic carbocycles. The molecule has 34 heavy (non-hydrogen) atoms. The second kappa shape index (κ2) is 11.3. The van der Waals surface area contributed by atoms with E-state index < -0.39 is 22.6 Å². The first-order valence-electron chi connectivity index (χ1n) is 12.5. The Hall–Kier alpha value is -1.80. The molecule has 3 saturated heterocycles. The van der Waals surface area contributed by atoms with Gasteiger partial charge in [-0.25, -0.2) is 0 Å². The van der Waals surface area contributed by atoms with E-state index in [9.17, 15) is 14.4 Å². The van der Waals surface area contributed by atoms with E-state index in [-0.39, 0.29) is 48.2 Å². The summed E-state index contributed by atoms with van der Waals surface area (Å²) in [6.07, 6.45) is 6.93. The Kier molecular flexibility index (Phi) is 8.90. The molecular formula is C26H40N2O5S. The third-order valence-electron chi connectivity index (χ3n) is 7.61. The maximum atomic E-state index is 14.1. The van der Waals surface area contributed by atoms with Crippen molar-refractivity contribution in [1.82, 2.24) is 9.80 Å². The van der Waals surface area contributed by atoms with E-state index in [1.165, 1.54) is 0 Å². The predicted molar refractivity (Wildman–Crippen MR) is 134 cm³/mol. The number of hydrogen-bond acceptors (Lipinski definition) is 6. The third kappa shape index (κ3) is 4.55. The SMILES string of the molecule is C=CCCOC(=O)[C@@H]1[C@H]2C(=O)N(CCCCCO)C(C(=O)N(CC=C)C(C)C)C23S[C@@H]1CC3C. The van der Waals surface area contributed by atoms with Crippen LogP contribution in [0, 0.1) is 17.8 Å². The Labute approximate surface area is 208 Å². The number of ether oxygens (including phenoxy) is 1. The number of fused-ring (bicyclic) bond motifs is 1. The van der Waals surface area contributed by atoms with Gasteiger partial charge in [0.25, 0.3) is 0 Å². The Bertz CT molecular complexity index is 802. The van der Waals surface area contributed by atoms with Crippen molar-refractivity contribution in [3.8, 4) is 0 Å². The molecule has 3 heterocycles. The number of carbonyl (C=O) groups is 3. The molecule has 0 aromatic heterocycles. The van der Waals surface area contributed by atoms with E-state index >= 15 is 0 Å². The molecule has 7 nitrogen and oxygen atoms in total. The molecule has 2 amide bonds. The molecule has 0 aliphatic carbocycles. The number of esters is 1. The van der Waals surface area contributed by atoms with Gasteiger partial charge >= 0.3 is 5.97 Å². The summed E-state index contributed by atoms with van der Waals surface area (Å²) >= 11 is 1.67. The van der Waals surface area contributed by atoms with Crippen LogP contribution >= 0.6 is 11.8 Å². The van der Waals surface area contributed by atoms with Crippen LogP contribution in [0.3, 0.4) is 0 Å². The van der Waals surface area contributed by atoms with E-state index in [1.54, 1.807) is 33.7 Å². The largest absolute Gasteiger partial charge is 0.465 e. The Morgan fingerprint density at radius 3 is 2.65 bits per heavy atom. The summed E-state index contributed by atoms with van der Waals surface area (Å²) in [5.41, 5.74) is 0. The highest BCUT2D eigenvalue weighted by Gasteiger charge is 2.76. The monoisotopic (exact) mass is 492 g/mol. The van der Waals surface area contributed by atoms with Crippen molar-refractivity contribution in [2.24, 2.45) is 17.8 Å². The van der Waals surface area contributed by atoms with Gasteiger partial charge in [0.15, 0.2) is 0 Å². The zero-order valence-corrected chi connectivity index (χ0v) is 21.6. The molecule has 3 unspecified atom stereocenters. The number of nitrogens with zero attached hydrogens (tertiary/aromatic N) is 2. The first kappa shape index (κ1) is 26.8. The zero-order chi connectivity index (χ0) is 25.0. The van der Waals surface area contributed by atoms with Gasteiger partial charge in [-0.05, 0) is 51.9 Å². The van der Waals surface area contributed by atoms with Crippen LogP contribution in [0.5, 0.6) is 0 Å². The van der Waals surface area contributed by atoms with Crippen molar-refractivity contribution in [2.45, 2.75) is 75.0 Å². The molecule has 1 N–H and O–H groups in total. The first-order valence-corrected chi connectivity index (χ1v) is 13.4. The zero-order valence-electron chi connectivity index (χ0n) is 20.8. The summed E-state index contributed by atoms with van der Waals surface area (Å²) in [5.74, 6) is -1.44. The average Bonchev–Trinajstić information content (AvgIpc) is 3.38. The lowest BCUT2D eigenvalue weighted by molar-refractivity contribution is -0.154. The van der Waals surface area contributed by atoms with E-state index in [2.05, 4.69) is 20.1 Å². The minimum atomic E-state index is -0.633. The summed E-state index contributed by atoms with van der Waals surface area (Å²) in [6, 6.07) is -0.650. The van der Waals surface area contributed by atoms with Crippen LogP contribution in [0.15, 0.2) is 25.3 Å². The second-order valence-corrected chi connectivity index (χ2v) is 11.5. The van der Waals surface area contributed by atoms with Crippen molar-refractivity contribution >= 4 is 29.5 Å². The van der Waals surface area contributed by atoms with Gasteiger partial charge in [-0.15, -0.1) is 24.9 Å². The van der Waals surface area contributed by atoms with Gasteiger partial charge in [-0.2, -0.15) is 0 Å². The summed E-state index contributed by atoms with van der Waals surface area (Å²) in [4.78, 5) is 44.7. The summed E-state index contributed by atoms with van der Waals surface area (Å²) in [7, 11) is 0. The van der Waals surface area contributed by atoms with E-state index in [0.29, 0.717) is 32.4 Å². The average molecular weight is 493 g/mol. The van der Waals surface area contributed by atoms with Crippen LogP contribution in [0.2, 0.25) is 0 Å². The number of hydrogen-bond donors (Lipinski definition) is 1. The number of carbonyl (C=O) groups excluding carboxylic acids is 3. The summed E-state index contributed by atoms with van der Waals surface area (Å²) in [5, 5.41) is 9.15. The Morgan fingerprint density at radius 1 is 1.29 bits per heavy atom. The summed E-state index contributed by atoms with van der Waals surface area (Å²) < 4.78 is 4.91. The number of aliphatic hydroxyl groups is 1. The highest BCUT2D eigenvalue weighted by atomic mass is 32.2. The fraction of sp³-hybridized carbons (Fsp3) is 0.731. The molecule has 2 bridgehead atoms. The van der Waals surface area contributed by atoms with Gasteiger partial charge in [0.2, 0.25) is 11.8 Å². The molecule has 3 aliphatic heterocycles. The minimum absolute atomic E-state index is 0.0149. The standard InChI is InChI=1S/C26H40N2O5S/c1-6-8-15-33-25(32)20-19-16-18(5)26(34-19)21(20)23(30)28(13-10-9-11-14-29)22(26)24(31)27(12-7-2)17(3)4/h6-7,17-22,29H,1-2,8-16H2,3-5H3/t18?,19-,20+,21+,22?,26?/m1/s1. The number of thioether (sulfide) groups is 1. The smallest absolute Gasteiger partial charge is 0.310 e. The van der Waals surface area contributed by atoms with Gasteiger partial charge in [0.1, 0.15) is 6.04 Å². The number of aliphatic hydroxyl groups excluding tert-OH is 1. The third-order valence-corrected chi connectivity index (χ3v) is 9.68. The first-order chi connectivity index (χ1) is 16.3. The highest BCUT2D eigenvalue weighted by molar-refractivity contribution is 8.02. The molecule has 6 atom stereocenters. The van der Waals surface area contributed by atoms with Crippen LogP contribution in [0.4, 0.5) is 0 Å². The maximum absolute atomic E-state index is 14.1. The Morgan fingerprint density at radius 2 is 2.03 bits per heavy atom. The van der Waals surface area contributed by atoms with Crippen molar-refractivity contribution in [3.05, 3.63) is 25.3 Å². The normalized spacial score (nSPS) is 31.6. The van der Waals surface area contributed by atoms with Gasteiger partial charge in [0, 0.05) is 31.0 Å². The highest BCUT2D eigenvalue weighted by Crippen LogP contribution is 2.68. The molecule has 8 heteroatoms. The number of unbranched alkanes of at least 4 members (excludes halogenated alkanes) is 2. The lowest BCUT2D eigenvalue weighted by Crippen LogP contribution is -2.58. The van der Waals surface area contributed by atoms with Crippen molar-refractivity contribution in [2.75, 3.05) is 26.3 Å². The lowest BCUT2D eigenvalue weighted by atomic mass is 9.66. The topological polar surface area (TPSA) is 87.1 Å². The predicted octanol–water partition coefficient (Wildman–Crippen LogP) is 3.03. The molecule has 190 valence electrons. The Balaban J connectivity index is 1.98. The van der Waals surface area contributed by atoms with Crippen LogP contribution in [-0.2, 0) is 19.1 Å². The molecule has 3 rings (SSSR count). The summed E-state index contributed by atoms with van der Waals surface area (Å²) in [6.45, 7) is 14.8. The number of rotatable bonds is 13. The quantitative estimate of drug-likeness (QED) is 0.242. The van der Waals surface area contributed by atoms with E-state index in [0.717, 1.165) is 12.8 Å². The van der Waals surface area contributed by atoms with Gasteiger partial charge < -0.3 is 19.6 Å². The van der Waals surface area contributed by atoms with Gasteiger partial charge in [-0.3, -0.25) is 14.4 Å². The molecule has 0 aromatic rings. The van der Waals surface area contributed by atoms with Crippen LogP contribution in [0.1, 0.15) is 52.9 Å². The minimum Gasteiger partial charge on any atom is -0.465 e. The maximum Gasteiger partial charge on any atom is 0.310 e. The van der Waals surface area contributed by atoms with Crippen LogP contribution in [0.25, 0.3) is 0 Å². The fourth-order valence-corrected chi connectivity index (χ4v) is 8.47. The fourth-order valence-electron chi connectivity index (χ4n) is 6.07. The van der Waals surface area contributed by atoms with Crippen LogP contribution < -0.4 is 0 Å². The number of likely N-dealkylation sites (tertiary alicyclic amines) is 1. The second-order valence-electron chi connectivity index (χ2n) is 9.99. The molecule has 3 aliphatic rings. The van der Waals surface area contributed by atoms with Crippen LogP contribution in [-0.4, -0.2) is 81.1 Å². The molecule has 0 saturated carbocycles. The molecule has 0 radical (unpaired) electrons. The molecular weight excluding hydrogens is 452 g/mol. The van der Waals surface area contributed by atoms with Crippen molar-refractivity contribution in [3.63, 3.8) is 0 Å². The van der Waals surface area contributed by atoms with Crippen molar-refractivity contribution in [1.29, 1.82) is 0 Å². The van der Waals surface area contributed by atoms with Gasteiger partial charge in [-0.1, -0.05) is 19.1 Å². The lowest BCUT2D eigenvalue weighted by Gasteiger charge is -2.41. The van der Waals surface area contributed by atoms with E-state index in [1.807, 2.05) is 13.8 Å². The molecule has 1 spiro atoms.